The molecule has 2 heteroatoms. The number of carbonyl (C=O) groups excluding carboxylic acids is 1. The average Bonchev–Trinajstić information content (AvgIpc) is 2.19. The normalized spacial score (nSPS) is 19.8. The summed E-state index contributed by atoms with van der Waals surface area (Å²) < 4.78 is 4.96. The summed E-state index contributed by atoms with van der Waals surface area (Å²) in [4.78, 5) is 10.5. The van der Waals surface area contributed by atoms with Crippen molar-refractivity contribution in [2.75, 3.05) is 0 Å². The summed E-state index contributed by atoms with van der Waals surface area (Å²) in [7, 11) is 0. The van der Waals surface area contributed by atoms with Gasteiger partial charge in [0, 0.05) is 0 Å². The van der Waals surface area contributed by atoms with Crippen molar-refractivity contribution in [3.05, 3.63) is 0 Å². The number of hydrogen-bond acceptors (Lipinski definition) is 2. The Hall–Kier alpha value is -0.530. The predicted octanol–water partition coefficient (Wildman–Crippen LogP) is 3.83. The van der Waals surface area contributed by atoms with Gasteiger partial charge in [0.2, 0.25) is 0 Å². The molecule has 0 saturated carbocycles. The standard InChI is InChI=1S/C13H24O2/c1-2-3-4-5-6-7-8-9-10-12-11-13(14)15-12/h12H,2-11H2,1H3/t12-/m1/s1. The summed E-state index contributed by atoms with van der Waals surface area (Å²) in [5, 5.41) is 0. The Morgan fingerprint density at radius 3 is 2.13 bits per heavy atom. The molecule has 0 spiro atoms. The number of esters is 1. The van der Waals surface area contributed by atoms with Crippen molar-refractivity contribution < 1.29 is 9.53 Å². The van der Waals surface area contributed by atoms with Crippen LogP contribution in [0.4, 0.5) is 0 Å². The quantitative estimate of drug-likeness (QED) is 0.429. The Labute approximate surface area is 93.4 Å². The van der Waals surface area contributed by atoms with Crippen molar-refractivity contribution in [1.29, 1.82) is 0 Å². The Balaban J connectivity index is 1.72. The fourth-order valence-electron chi connectivity index (χ4n) is 2.03. The maximum absolute atomic E-state index is 10.5. The molecule has 88 valence electrons. The minimum absolute atomic E-state index is 0.0143. The molecule has 15 heavy (non-hydrogen) atoms. The SMILES string of the molecule is CCCCCCCCCC[C@@H]1CC(=O)O1. The number of cyclic esters (lactones) is 1. The summed E-state index contributed by atoms with van der Waals surface area (Å²) >= 11 is 0. The minimum Gasteiger partial charge on any atom is -0.462 e. The van der Waals surface area contributed by atoms with Gasteiger partial charge in [0.15, 0.2) is 0 Å². The summed E-state index contributed by atoms with van der Waals surface area (Å²) in [6.45, 7) is 2.25. The van der Waals surface area contributed by atoms with Crippen molar-refractivity contribution >= 4 is 5.97 Å². The molecule has 1 aliphatic rings. The van der Waals surface area contributed by atoms with Crippen LogP contribution in [0.5, 0.6) is 0 Å². The fourth-order valence-corrected chi connectivity index (χ4v) is 2.03. The van der Waals surface area contributed by atoms with Gasteiger partial charge in [-0.05, 0) is 12.8 Å². The molecule has 1 rings (SSSR count). The van der Waals surface area contributed by atoms with Crippen LogP contribution in [0.3, 0.4) is 0 Å². The van der Waals surface area contributed by atoms with E-state index in [2.05, 4.69) is 6.92 Å². The number of rotatable bonds is 9. The van der Waals surface area contributed by atoms with E-state index in [0.29, 0.717) is 6.42 Å². The third-order valence-corrected chi connectivity index (χ3v) is 3.07. The van der Waals surface area contributed by atoms with Crippen LogP contribution in [0.1, 0.15) is 71.1 Å². The topological polar surface area (TPSA) is 26.3 Å². The third kappa shape index (κ3) is 5.81. The van der Waals surface area contributed by atoms with Gasteiger partial charge in [-0.3, -0.25) is 4.79 Å². The molecule has 0 radical (unpaired) electrons. The second-order valence-electron chi connectivity index (χ2n) is 4.58. The van der Waals surface area contributed by atoms with Gasteiger partial charge in [0.25, 0.3) is 0 Å². The molecule has 1 saturated heterocycles. The predicted molar refractivity (Wildman–Crippen MR) is 61.7 cm³/mol. The van der Waals surface area contributed by atoms with Crippen molar-refractivity contribution in [3.8, 4) is 0 Å². The van der Waals surface area contributed by atoms with Gasteiger partial charge in [0.05, 0.1) is 6.42 Å². The highest BCUT2D eigenvalue weighted by Crippen LogP contribution is 2.20. The van der Waals surface area contributed by atoms with Gasteiger partial charge in [-0.1, -0.05) is 51.9 Å². The van der Waals surface area contributed by atoms with Crippen molar-refractivity contribution in [2.45, 2.75) is 77.2 Å². The van der Waals surface area contributed by atoms with Gasteiger partial charge in [-0.2, -0.15) is 0 Å². The monoisotopic (exact) mass is 212 g/mol. The van der Waals surface area contributed by atoms with Crippen LogP contribution in [-0.4, -0.2) is 12.1 Å². The maximum Gasteiger partial charge on any atom is 0.309 e. The first-order chi connectivity index (χ1) is 7.33. The lowest BCUT2D eigenvalue weighted by Gasteiger charge is -2.25. The Morgan fingerprint density at radius 2 is 1.60 bits per heavy atom. The molecule has 1 fully saturated rings. The second-order valence-corrected chi connectivity index (χ2v) is 4.58. The van der Waals surface area contributed by atoms with Gasteiger partial charge >= 0.3 is 5.97 Å². The molecule has 0 bridgehead atoms. The molecule has 1 atom stereocenters. The van der Waals surface area contributed by atoms with Crippen LogP contribution in [0, 0.1) is 0 Å². The third-order valence-electron chi connectivity index (χ3n) is 3.07. The van der Waals surface area contributed by atoms with E-state index in [-0.39, 0.29) is 12.1 Å². The summed E-state index contributed by atoms with van der Waals surface area (Å²) in [5.41, 5.74) is 0. The van der Waals surface area contributed by atoms with Gasteiger partial charge in [-0.25, -0.2) is 0 Å². The molecule has 1 heterocycles. The summed E-state index contributed by atoms with van der Waals surface area (Å²) in [6.07, 6.45) is 12.8. The highest BCUT2D eigenvalue weighted by atomic mass is 16.6. The van der Waals surface area contributed by atoms with E-state index in [1.807, 2.05) is 0 Å². The number of unbranched alkanes of at least 4 members (excludes halogenated alkanes) is 7. The Bertz CT molecular complexity index is 169. The largest absolute Gasteiger partial charge is 0.462 e. The highest BCUT2D eigenvalue weighted by Gasteiger charge is 2.27. The molecular formula is C13H24O2. The number of carbonyl (C=O) groups is 1. The molecule has 2 nitrogen and oxygen atoms in total. The molecule has 1 aliphatic heterocycles. The van der Waals surface area contributed by atoms with E-state index in [0.717, 1.165) is 6.42 Å². The molecule has 0 amide bonds. The molecule has 0 aliphatic carbocycles. The average molecular weight is 212 g/mol. The van der Waals surface area contributed by atoms with Crippen LogP contribution in [0.2, 0.25) is 0 Å². The van der Waals surface area contributed by atoms with Crippen LogP contribution in [-0.2, 0) is 9.53 Å². The van der Waals surface area contributed by atoms with Crippen LogP contribution in [0.25, 0.3) is 0 Å². The van der Waals surface area contributed by atoms with E-state index in [1.54, 1.807) is 0 Å². The summed E-state index contributed by atoms with van der Waals surface area (Å²) in [6, 6.07) is 0. The Morgan fingerprint density at radius 1 is 1.07 bits per heavy atom. The zero-order chi connectivity index (χ0) is 10.9. The zero-order valence-corrected chi connectivity index (χ0v) is 9.96. The van der Waals surface area contributed by atoms with E-state index in [4.69, 9.17) is 4.74 Å². The Kier molecular flexibility index (Phi) is 6.45. The van der Waals surface area contributed by atoms with Crippen molar-refractivity contribution in [3.63, 3.8) is 0 Å². The zero-order valence-electron chi connectivity index (χ0n) is 9.96. The lowest BCUT2D eigenvalue weighted by molar-refractivity contribution is -0.169. The molecule has 0 unspecified atom stereocenters. The highest BCUT2D eigenvalue weighted by molar-refractivity contribution is 5.75. The summed E-state index contributed by atoms with van der Waals surface area (Å²) in [5.74, 6) is -0.0143. The van der Waals surface area contributed by atoms with E-state index >= 15 is 0 Å². The van der Waals surface area contributed by atoms with Crippen molar-refractivity contribution in [1.82, 2.24) is 0 Å². The van der Waals surface area contributed by atoms with Crippen molar-refractivity contribution in [2.24, 2.45) is 0 Å². The first kappa shape index (κ1) is 12.5. The fraction of sp³-hybridized carbons (Fsp3) is 0.923. The van der Waals surface area contributed by atoms with E-state index < -0.39 is 0 Å². The molecule has 0 aromatic rings. The van der Waals surface area contributed by atoms with Gasteiger partial charge in [-0.15, -0.1) is 0 Å². The van der Waals surface area contributed by atoms with Crippen LogP contribution in [0.15, 0.2) is 0 Å². The lowest BCUT2D eigenvalue weighted by atomic mass is 10.0. The number of ether oxygens (including phenoxy) is 1. The van der Waals surface area contributed by atoms with Gasteiger partial charge < -0.3 is 4.74 Å². The minimum atomic E-state index is -0.0143. The van der Waals surface area contributed by atoms with E-state index in [1.165, 1.54) is 51.4 Å². The maximum atomic E-state index is 10.5. The van der Waals surface area contributed by atoms with Crippen LogP contribution >= 0.6 is 0 Å². The van der Waals surface area contributed by atoms with E-state index in [9.17, 15) is 4.79 Å². The second kappa shape index (κ2) is 7.72. The van der Waals surface area contributed by atoms with Gasteiger partial charge in [0.1, 0.15) is 6.10 Å². The molecule has 0 aromatic heterocycles. The first-order valence-electron chi connectivity index (χ1n) is 6.52. The molecular weight excluding hydrogens is 188 g/mol. The van der Waals surface area contributed by atoms with Crippen LogP contribution < -0.4 is 0 Å². The lowest BCUT2D eigenvalue weighted by Crippen LogP contribution is -2.32. The molecule has 0 N–H and O–H groups in total. The first-order valence-corrected chi connectivity index (χ1v) is 6.52. The number of hydrogen-bond donors (Lipinski definition) is 0. The molecule has 0 aromatic carbocycles. The smallest absolute Gasteiger partial charge is 0.309 e.